The van der Waals surface area contributed by atoms with Crippen LogP contribution in [0, 0.1) is 0 Å². The summed E-state index contributed by atoms with van der Waals surface area (Å²) in [4.78, 5) is 0. The Morgan fingerprint density at radius 1 is 0.824 bits per heavy atom. The standard InChI is InChI=1S/C12H15O4P/c1-11(2)13-6-5-7-9(10(17)8(6)15-11)16-12(3,4)14-7/h5H,17H2,1-4H3. The van der Waals surface area contributed by atoms with Gasteiger partial charge in [0.15, 0.2) is 23.0 Å². The lowest BCUT2D eigenvalue weighted by molar-refractivity contribution is -0.0473. The first-order chi connectivity index (χ1) is 7.77. The zero-order chi connectivity index (χ0) is 12.4. The molecular formula is C12H15O4P. The average molecular weight is 254 g/mol. The molecule has 1 unspecified atom stereocenters. The van der Waals surface area contributed by atoms with E-state index in [9.17, 15) is 0 Å². The molecule has 92 valence electrons. The van der Waals surface area contributed by atoms with Gasteiger partial charge in [-0.3, -0.25) is 0 Å². The Morgan fingerprint density at radius 3 is 1.65 bits per heavy atom. The molecule has 0 saturated carbocycles. The topological polar surface area (TPSA) is 36.9 Å². The molecule has 1 atom stereocenters. The summed E-state index contributed by atoms with van der Waals surface area (Å²) in [6.07, 6.45) is 0. The fourth-order valence-corrected chi connectivity index (χ4v) is 2.45. The van der Waals surface area contributed by atoms with Crippen LogP contribution in [0.25, 0.3) is 0 Å². The quantitative estimate of drug-likeness (QED) is 0.665. The molecule has 0 radical (unpaired) electrons. The van der Waals surface area contributed by atoms with Crippen molar-refractivity contribution in [3.63, 3.8) is 0 Å². The molecule has 0 amide bonds. The lowest BCUT2D eigenvalue weighted by atomic mass is 10.3. The predicted molar refractivity (Wildman–Crippen MR) is 66.5 cm³/mol. The molecule has 0 aliphatic carbocycles. The van der Waals surface area contributed by atoms with Gasteiger partial charge in [-0.1, -0.05) is 9.24 Å². The third-order valence-corrected chi connectivity index (χ3v) is 3.13. The number of rotatable bonds is 0. The molecule has 2 heterocycles. The van der Waals surface area contributed by atoms with Crippen LogP contribution < -0.4 is 24.3 Å². The molecule has 2 aliphatic rings. The Bertz CT molecular complexity index is 465. The highest BCUT2D eigenvalue weighted by atomic mass is 31.0. The molecule has 5 heteroatoms. The van der Waals surface area contributed by atoms with E-state index in [0.29, 0.717) is 23.0 Å². The number of benzene rings is 1. The van der Waals surface area contributed by atoms with Crippen LogP contribution in [-0.2, 0) is 0 Å². The van der Waals surface area contributed by atoms with Crippen molar-refractivity contribution in [3.8, 4) is 23.0 Å². The highest BCUT2D eigenvalue weighted by molar-refractivity contribution is 7.28. The van der Waals surface area contributed by atoms with Gasteiger partial charge in [-0.05, 0) is 0 Å². The van der Waals surface area contributed by atoms with Crippen LogP contribution in [0.4, 0.5) is 0 Å². The van der Waals surface area contributed by atoms with Crippen molar-refractivity contribution in [1.82, 2.24) is 0 Å². The lowest BCUT2D eigenvalue weighted by Crippen LogP contribution is -2.31. The van der Waals surface area contributed by atoms with E-state index in [2.05, 4.69) is 9.24 Å². The monoisotopic (exact) mass is 254 g/mol. The normalized spacial score (nSPS) is 21.7. The van der Waals surface area contributed by atoms with E-state index in [-0.39, 0.29) is 0 Å². The molecule has 17 heavy (non-hydrogen) atoms. The van der Waals surface area contributed by atoms with Crippen molar-refractivity contribution in [1.29, 1.82) is 0 Å². The third-order valence-electron chi connectivity index (χ3n) is 2.61. The van der Waals surface area contributed by atoms with Gasteiger partial charge in [0.05, 0.1) is 5.30 Å². The first-order valence-corrected chi connectivity index (χ1v) is 6.08. The lowest BCUT2D eigenvalue weighted by Gasteiger charge is -2.18. The maximum atomic E-state index is 5.74. The van der Waals surface area contributed by atoms with Gasteiger partial charge >= 0.3 is 0 Å². The van der Waals surface area contributed by atoms with Gasteiger partial charge < -0.3 is 18.9 Å². The van der Waals surface area contributed by atoms with E-state index < -0.39 is 11.6 Å². The Balaban J connectivity index is 2.11. The predicted octanol–water partition coefficient (Wildman–Crippen LogP) is 2.20. The van der Waals surface area contributed by atoms with E-state index in [0.717, 1.165) is 5.30 Å². The maximum absolute atomic E-state index is 5.74. The molecule has 2 aliphatic heterocycles. The van der Waals surface area contributed by atoms with E-state index in [1.807, 2.05) is 33.8 Å². The van der Waals surface area contributed by atoms with Gasteiger partial charge in [0, 0.05) is 33.8 Å². The number of ether oxygens (including phenoxy) is 4. The maximum Gasteiger partial charge on any atom is 0.246 e. The van der Waals surface area contributed by atoms with Crippen molar-refractivity contribution in [2.75, 3.05) is 0 Å². The van der Waals surface area contributed by atoms with Crippen molar-refractivity contribution in [2.24, 2.45) is 0 Å². The molecule has 4 nitrogen and oxygen atoms in total. The minimum atomic E-state index is -0.641. The zero-order valence-electron chi connectivity index (χ0n) is 10.3. The fourth-order valence-electron chi connectivity index (χ4n) is 2.04. The smallest absolute Gasteiger partial charge is 0.246 e. The second kappa shape index (κ2) is 2.99. The molecule has 0 N–H and O–H groups in total. The highest BCUT2D eigenvalue weighted by Gasteiger charge is 2.40. The van der Waals surface area contributed by atoms with Crippen molar-refractivity contribution < 1.29 is 18.9 Å². The third kappa shape index (κ3) is 1.62. The van der Waals surface area contributed by atoms with Crippen molar-refractivity contribution in [2.45, 2.75) is 39.3 Å². The number of hydrogen-bond donors (Lipinski definition) is 0. The summed E-state index contributed by atoms with van der Waals surface area (Å²) < 4.78 is 22.9. The van der Waals surface area contributed by atoms with Crippen molar-refractivity contribution >= 4 is 14.5 Å². The van der Waals surface area contributed by atoms with Crippen LogP contribution in [0.1, 0.15) is 27.7 Å². The van der Waals surface area contributed by atoms with Crippen LogP contribution in [0.5, 0.6) is 23.0 Å². The second-order valence-electron chi connectivity index (χ2n) is 5.15. The molecule has 0 aromatic heterocycles. The number of fused-ring (bicyclic) bond motifs is 2. The van der Waals surface area contributed by atoms with Gasteiger partial charge in [0.25, 0.3) is 0 Å². The molecular weight excluding hydrogens is 239 g/mol. The minimum absolute atomic E-state index is 0.641. The number of hydrogen-bond acceptors (Lipinski definition) is 4. The molecule has 0 saturated heterocycles. The Hall–Kier alpha value is -1.15. The van der Waals surface area contributed by atoms with Crippen molar-refractivity contribution in [3.05, 3.63) is 6.07 Å². The van der Waals surface area contributed by atoms with Gasteiger partial charge in [-0.15, -0.1) is 0 Å². The largest absolute Gasteiger partial charge is 0.449 e. The molecule has 0 fully saturated rings. The fraction of sp³-hybridized carbons (Fsp3) is 0.500. The Labute approximate surface area is 102 Å². The van der Waals surface area contributed by atoms with Gasteiger partial charge in [-0.2, -0.15) is 0 Å². The minimum Gasteiger partial charge on any atom is -0.449 e. The SMILES string of the molecule is CC1(C)Oc2cc3c(c(P)c2O1)OC(C)(C)O3. The molecule has 0 bridgehead atoms. The van der Waals surface area contributed by atoms with Crippen LogP contribution in [0.3, 0.4) is 0 Å². The first kappa shape index (κ1) is 11.0. The Kier molecular flexibility index (Phi) is 1.93. The summed E-state index contributed by atoms with van der Waals surface area (Å²) in [6.45, 7) is 7.48. The molecule has 3 rings (SSSR count). The molecule has 1 aromatic rings. The summed E-state index contributed by atoms with van der Waals surface area (Å²) in [6, 6.07) is 1.82. The highest BCUT2D eigenvalue weighted by Crippen LogP contribution is 2.49. The van der Waals surface area contributed by atoms with E-state index in [1.165, 1.54) is 0 Å². The van der Waals surface area contributed by atoms with Crippen LogP contribution >= 0.6 is 9.24 Å². The van der Waals surface area contributed by atoms with E-state index >= 15 is 0 Å². The second-order valence-corrected chi connectivity index (χ2v) is 5.73. The van der Waals surface area contributed by atoms with Crippen LogP contribution in [-0.4, -0.2) is 11.6 Å². The average Bonchev–Trinajstić information content (AvgIpc) is 2.61. The van der Waals surface area contributed by atoms with Gasteiger partial charge in [0.1, 0.15) is 0 Å². The summed E-state index contributed by atoms with van der Waals surface area (Å²) in [5, 5.41) is 0.841. The first-order valence-electron chi connectivity index (χ1n) is 5.50. The van der Waals surface area contributed by atoms with Crippen LogP contribution in [0.2, 0.25) is 0 Å². The molecule has 1 aromatic carbocycles. The Morgan fingerprint density at radius 2 is 1.24 bits per heavy atom. The summed E-state index contributed by atoms with van der Waals surface area (Å²) in [5.41, 5.74) is 0. The van der Waals surface area contributed by atoms with Gasteiger partial charge in [-0.25, -0.2) is 0 Å². The zero-order valence-corrected chi connectivity index (χ0v) is 11.4. The summed E-state index contributed by atoms with van der Waals surface area (Å²) in [5.74, 6) is 1.52. The summed E-state index contributed by atoms with van der Waals surface area (Å²) >= 11 is 0. The van der Waals surface area contributed by atoms with E-state index in [4.69, 9.17) is 18.9 Å². The van der Waals surface area contributed by atoms with Crippen LogP contribution in [0.15, 0.2) is 6.07 Å². The van der Waals surface area contributed by atoms with E-state index in [1.54, 1.807) is 0 Å². The summed E-state index contributed by atoms with van der Waals surface area (Å²) in [7, 11) is 2.63. The molecule has 0 spiro atoms. The van der Waals surface area contributed by atoms with Gasteiger partial charge in [0.2, 0.25) is 11.6 Å².